The lowest BCUT2D eigenvalue weighted by Gasteiger charge is -2.04. The summed E-state index contributed by atoms with van der Waals surface area (Å²) in [6, 6.07) is 7.44. The lowest BCUT2D eigenvalue weighted by atomic mass is 10.2. The highest BCUT2D eigenvalue weighted by Crippen LogP contribution is 2.24. The molecule has 0 aliphatic rings. The van der Waals surface area contributed by atoms with Crippen LogP contribution in [0, 0.1) is 0 Å². The van der Waals surface area contributed by atoms with Crippen molar-refractivity contribution in [3.63, 3.8) is 0 Å². The lowest BCUT2D eigenvalue weighted by molar-refractivity contribution is 0.667. The first kappa shape index (κ1) is 12.4. The normalized spacial score (nSPS) is 10.8. The van der Waals surface area contributed by atoms with Crippen LogP contribution in [0.3, 0.4) is 0 Å². The molecular weight excluding hydrogens is 379 g/mol. The van der Waals surface area contributed by atoms with Gasteiger partial charge in [-0.3, -0.25) is 4.68 Å². The zero-order valence-corrected chi connectivity index (χ0v) is 12.6. The van der Waals surface area contributed by atoms with Gasteiger partial charge in [0, 0.05) is 6.07 Å². The van der Waals surface area contributed by atoms with E-state index in [1.165, 1.54) is 0 Å². The minimum absolute atomic E-state index is 0.557. The van der Waals surface area contributed by atoms with Crippen LogP contribution in [-0.2, 0) is 6.54 Å². The SMILES string of the molecule is Clc1ccc(Cn2nc(Br)cc2Br)cc1Cl. The van der Waals surface area contributed by atoms with Crippen LogP contribution in [0.4, 0.5) is 0 Å². The van der Waals surface area contributed by atoms with Crippen molar-refractivity contribution < 1.29 is 0 Å². The molecule has 0 aliphatic heterocycles. The van der Waals surface area contributed by atoms with E-state index in [0.717, 1.165) is 14.8 Å². The van der Waals surface area contributed by atoms with Crippen LogP contribution in [0.25, 0.3) is 0 Å². The summed E-state index contributed by atoms with van der Waals surface area (Å²) >= 11 is 18.5. The summed E-state index contributed by atoms with van der Waals surface area (Å²) in [7, 11) is 0. The van der Waals surface area contributed by atoms with Gasteiger partial charge in [0.15, 0.2) is 0 Å². The Kier molecular flexibility index (Phi) is 3.95. The topological polar surface area (TPSA) is 17.8 Å². The summed E-state index contributed by atoms with van der Waals surface area (Å²) in [5.41, 5.74) is 1.05. The van der Waals surface area contributed by atoms with Gasteiger partial charge in [0.1, 0.15) is 9.21 Å². The minimum Gasteiger partial charge on any atom is -0.253 e. The van der Waals surface area contributed by atoms with Crippen molar-refractivity contribution in [2.75, 3.05) is 0 Å². The number of benzene rings is 1. The van der Waals surface area contributed by atoms with E-state index in [2.05, 4.69) is 37.0 Å². The van der Waals surface area contributed by atoms with Crippen LogP contribution in [0.5, 0.6) is 0 Å². The third kappa shape index (κ3) is 2.80. The molecule has 0 radical (unpaired) electrons. The van der Waals surface area contributed by atoms with E-state index < -0.39 is 0 Å². The molecule has 0 bridgehead atoms. The Morgan fingerprint density at radius 2 is 1.88 bits per heavy atom. The van der Waals surface area contributed by atoms with Gasteiger partial charge < -0.3 is 0 Å². The van der Waals surface area contributed by atoms with Crippen LogP contribution in [0.15, 0.2) is 33.5 Å². The molecule has 1 aromatic carbocycles. The number of hydrogen-bond acceptors (Lipinski definition) is 1. The van der Waals surface area contributed by atoms with Gasteiger partial charge in [-0.15, -0.1) is 0 Å². The Morgan fingerprint density at radius 3 is 2.44 bits per heavy atom. The highest BCUT2D eigenvalue weighted by Gasteiger charge is 2.05. The third-order valence-electron chi connectivity index (χ3n) is 2.02. The first-order chi connectivity index (χ1) is 7.56. The molecule has 84 valence electrons. The van der Waals surface area contributed by atoms with Crippen molar-refractivity contribution in [1.82, 2.24) is 9.78 Å². The van der Waals surface area contributed by atoms with Crippen molar-refractivity contribution in [3.05, 3.63) is 49.1 Å². The molecule has 6 heteroatoms. The highest BCUT2D eigenvalue weighted by atomic mass is 79.9. The summed E-state index contributed by atoms with van der Waals surface area (Å²) in [5, 5.41) is 5.39. The molecule has 1 heterocycles. The average molecular weight is 385 g/mol. The van der Waals surface area contributed by atoms with Crippen LogP contribution >= 0.6 is 55.1 Å². The maximum Gasteiger partial charge on any atom is 0.129 e. The van der Waals surface area contributed by atoms with Gasteiger partial charge in [-0.25, -0.2) is 0 Å². The molecule has 1 aromatic heterocycles. The Bertz CT molecular complexity index is 526. The molecule has 0 atom stereocenters. The van der Waals surface area contributed by atoms with E-state index in [4.69, 9.17) is 23.2 Å². The predicted molar refractivity (Wildman–Crippen MR) is 73.2 cm³/mol. The minimum atomic E-state index is 0.557. The van der Waals surface area contributed by atoms with Crippen LogP contribution in [0.1, 0.15) is 5.56 Å². The molecule has 2 nitrogen and oxygen atoms in total. The molecule has 0 unspecified atom stereocenters. The molecule has 0 saturated carbocycles. The highest BCUT2D eigenvalue weighted by molar-refractivity contribution is 9.11. The molecule has 0 fully saturated rings. The molecule has 2 aromatic rings. The fraction of sp³-hybridized carbons (Fsp3) is 0.100. The molecule has 0 N–H and O–H groups in total. The summed E-state index contributed by atoms with van der Waals surface area (Å²) in [6.07, 6.45) is 0. The maximum absolute atomic E-state index is 5.94. The van der Waals surface area contributed by atoms with Crippen LogP contribution in [-0.4, -0.2) is 9.78 Å². The van der Waals surface area contributed by atoms with Gasteiger partial charge in [0.25, 0.3) is 0 Å². The standard InChI is InChI=1S/C10H6Br2Cl2N2/c11-9-4-10(12)16(15-9)5-6-1-2-7(13)8(14)3-6/h1-4H,5H2. The summed E-state index contributed by atoms with van der Waals surface area (Å²) in [6.45, 7) is 0.642. The summed E-state index contributed by atoms with van der Waals surface area (Å²) < 4.78 is 3.52. The van der Waals surface area contributed by atoms with E-state index in [-0.39, 0.29) is 0 Å². The van der Waals surface area contributed by atoms with Crippen molar-refractivity contribution in [2.24, 2.45) is 0 Å². The Morgan fingerprint density at radius 1 is 1.12 bits per heavy atom. The molecular formula is C10H6Br2Cl2N2. The predicted octanol–water partition coefficient (Wildman–Crippen LogP) is 4.76. The van der Waals surface area contributed by atoms with Crippen LogP contribution < -0.4 is 0 Å². The molecule has 16 heavy (non-hydrogen) atoms. The van der Waals surface area contributed by atoms with Crippen LogP contribution in [0.2, 0.25) is 10.0 Å². The monoisotopic (exact) mass is 382 g/mol. The van der Waals surface area contributed by atoms with Gasteiger partial charge in [-0.2, -0.15) is 5.10 Å². The number of rotatable bonds is 2. The lowest BCUT2D eigenvalue weighted by Crippen LogP contribution is -2.01. The van der Waals surface area contributed by atoms with Gasteiger partial charge in [-0.05, 0) is 49.6 Å². The quantitative estimate of drug-likeness (QED) is 0.729. The molecule has 0 amide bonds. The summed E-state index contributed by atoms with van der Waals surface area (Å²) in [5.74, 6) is 0. The van der Waals surface area contributed by atoms with Crippen molar-refractivity contribution in [1.29, 1.82) is 0 Å². The second-order valence-corrected chi connectivity index (χ2v) is 5.64. The van der Waals surface area contributed by atoms with Gasteiger partial charge >= 0.3 is 0 Å². The second kappa shape index (κ2) is 5.08. The maximum atomic E-state index is 5.94. The van der Waals surface area contributed by atoms with E-state index >= 15 is 0 Å². The first-order valence-corrected chi connectivity index (χ1v) is 6.73. The second-order valence-electron chi connectivity index (χ2n) is 3.20. The molecule has 0 aliphatic carbocycles. The zero-order valence-electron chi connectivity index (χ0n) is 7.92. The fourth-order valence-electron chi connectivity index (χ4n) is 1.29. The number of halogens is 4. The summed E-state index contributed by atoms with van der Waals surface area (Å²) in [4.78, 5) is 0. The van der Waals surface area contributed by atoms with Crippen molar-refractivity contribution in [2.45, 2.75) is 6.54 Å². The smallest absolute Gasteiger partial charge is 0.129 e. The average Bonchev–Trinajstić information content (AvgIpc) is 2.51. The molecule has 0 spiro atoms. The third-order valence-corrected chi connectivity index (χ3v) is 3.78. The van der Waals surface area contributed by atoms with Gasteiger partial charge in [0.05, 0.1) is 16.6 Å². The number of nitrogens with zero attached hydrogens (tertiary/aromatic N) is 2. The Hall–Kier alpha value is -0.0300. The van der Waals surface area contributed by atoms with Crippen molar-refractivity contribution >= 4 is 55.1 Å². The Balaban J connectivity index is 2.27. The largest absolute Gasteiger partial charge is 0.253 e. The van der Waals surface area contributed by atoms with E-state index in [1.807, 2.05) is 22.9 Å². The van der Waals surface area contributed by atoms with Gasteiger partial charge in [-0.1, -0.05) is 29.3 Å². The van der Waals surface area contributed by atoms with Gasteiger partial charge in [0.2, 0.25) is 0 Å². The first-order valence-electron chi connectivity index (χ1n) is 4.39. The molecule has 0 saturated heterocycles. The van der Waals surface area contributed by atoms with Crippen molar-refractivity contribution in [3.8, 4) is 0 Å². The zero-order chi connectivity index (χ0) is 11.7. The van der Waals surface area contributed by atoms with E-state index in [9.17, 15) is 0 Å². The number of aromatic nitrogens is 2. The molecule has 2 rings (SSSR count). The van der Waals surface area contributed by atoms with E-state index in [0.29, 0.717) is 16.6 Å². The Labute approximate surface area is 120 Å². The number of hydrogen-bond donors (Lipinski definition) is 0. The fourth-order valence-corrected chi connectivity index (χ4v) is 2.74. The van der Waals surface area contributed by atoms with E-state index in [1.54, 1.807) is 6.07 Å².